The van der Waals surface area contributed by atoms with E-state index in [0.29, 0.717) is 0 Å². The molecular formula is C15H33N3O. The maximum absolute atomic E-state index is 9.34. The number of rotatable bonds is 10. The second-order valence-corrected chi connectivity index (χ2v) is 5.81. The Morgan fingerprint density at radius 2 is 2.21 bits per heavy atom. The molecule has 0 saturated carbocycles. The molecule has 1 aliphatic rings. The number of aliphatic hydroxyl groups is 1. The molecule has 0 aromatic rings. The lowest BCUT2D eigenvalue weighted by molar-refractivity contribution is 0.181. The lowest BCUT2D eigenvalue weighted by Crippen LogP contribution is -2.41. The largest absolute Gasteiger partial charge is 0.395 e. The summed E-state index contributed by atoms with van der Waals surface area (Å²) in [4.78, 5) is 5.02. The van der Waals surface area contributed by atoms with Crippen LogP contribution in [0.15, 0.2) is 0 Å². The SMILES string of the molecule is CCCNC(CO)CCN(C)CC1CCCN1CC. The van der Waals surface area contributed by atoms with Crippen LogP contribution in [0.3, 0.4) is 0 Å². The first-order valence-corrected chi connectivity index (χ1v) is 7.98. The summed E-state index contributed by atoms with van der Waals surface area (Å²) in [5, 5.41) is 12.7. The fraction of sp³-hybridized carbons (Fsp3) is 1.00. The predicted molar refractivity (Wildman–Crippen MR) is 81.6 cm³/mol. The number of nitrogens with one attached hydrogen (secondary N) is 1. The summed E-state index contributed by atoms with van der Waals surface area (Å²) < 4.78 is 0. The number of likely N-dealkylation sites (tertiary alicyclic amines) is 1. The van der Waals surface area contributed by atoms with Gasteiger partial charge in [-0.25, -0.2) is 0 Å². The summed E-state index contributed by atoms with van der Waals surface area (Å²) in [7, 11) is 2.21. The van der Waals surface area contributed by atoms with Crippen molar-refractivity contribution < 1.29 is 5.11 Å². The fourth-order valence-electron chi connectivity index (χ4n) is 2.95. The third-order valence-corrected chi connectivity index (χ3v) is 4.19. The zero-order valence-electron chi connectivity index (χ0n) is 13.1. The highest BCUT2D eigenvalue weighted by Crippen LogP contribution is 2.17. The molecule has 0 aromatic carbocycles. The van der Waals surface area contributed by atoms with Gasteiger partial charge in [-0.1, -0.05) is 13.8 Å². The minimum absolute atomic E-state index is 0.248. The molecule has 2 atom stereocenters. The van der Waals surface area contributed by atoms with Gasteiger partial charge in [0.2, 0.25) is 0 Å². The molecule has 0 spiro atoms. The molecule has 1 saturated heterocycles. The number of likely N-dealkylation sites (N-methyl/N-ethyl adjacent to an activating group) is 2. The van der Waals surface area contributed by atoms with Gasteiger partial charge in [-0.15, -0.1) is 0 Å². The lowest BCUT2D eigenvalue weighted by Gasteiger charge is -2.28. The molecule has 2 N–H and O–H groups in total. The average molecular weight is 271 g/mol. The Labute approximate surface area is 119 Å². The van der Waals surface area contributed by atoms with E-state index in [-0.39, 0.29) is 12.6 Å². The molecule has 1 rings (SSSR count). The third kappa shape index (κ3) is 6.21. The van der Waals surface area contributed by atoms with Gasteiger partial charge in [0.15, 0.2) is 0 Å². The molecule has 0 radical (unpaired) electrons. The maximum Gasteiger partial charge on any atom is 0.0585 e. The quantitative estimate of drug-likeness (QED) is 0.625. The summed E-state index contributed by atoms with van der Waals surface area (Å²) in [6.07, 6.45) is 4.85. The van der Waals surface area contributed by atoms with Crippen molar-refractivity contribution in [3.63, 3.8) is 0 Å². The van der Waals surface area contributed by atoms with Crippen molar-refractivity contribution in [2.75, 3.05) is 46.4 Å². The van der Waals surface area contributed by atoms with E-state index >= 15 is 0 Å². The summed E-state index contributed by atoms with van der Waals surface area (Å²) in [5.41, 5.74) is 0. The van der Waals surface area contributed by atoms with Crippen molar-refractivity contribution in [1.29, 1.82) is 0 Å². The van der Waals surface area contributed by atoms with Gasteiger partial charge in [0.05, 0.1) is 6.61 Å². The minimum Gasteiger partial charge on any atom is -0.395 e. The Hall–Kier alpha value is -0.160. The van der Waals surface area contributed by atoms with Gasteiger partial charge in [-0.3, -0.25) is 4.90 Å². The molecule has 0 aromatic heterocycles. The highest BCUT2D eigenvalue weighted by atomic mass is 16.3. The lowest BCUT2D eigenvalue weighted by atomic mass is 10.1. The van der Waals surface area contributed by atoms with Gasteiger partial charge in [0.25, 0.3) is 0 Å². The van der Waals surface area contributed by atoms with Crippen molar-refractivity contribution in [3.05, 3.63) is 0 Å². The normalized spacial score (nSPS) is 22.3. The van der Waals surface area contributed by atoms with Crippen LogP contribution in [0.1, 0.15) is 39.5 Å². The highest BCUT2D eigenvalue weighted by molar-refractivity contribution is 4.81. The molecule has 0 amide bonds. The second kappa shape index (κ2) is 9.70. The summed E-state index contributed by atoms with van der Waals surface area (Å²) in [6, 6.07) is 0.999. The fourth-order valence-corrected chi connectivity index (χ4v) is 2.95. The second-order valence-electron chi connectivity index (χ2n) is 5.81. The van der Waals surface area contributed by atoms with Gasteiger partial charge >= 0.3 is 0 Å². The molecule has 1 aliphatic heterocycles. The first kappa shape index (κ1) is 16.9. The third-order valence-electron chi connectivity index (χ3n) is 4.19. The van der Waals surface area contributed by atoms with Crippen LogP contribution in [0, 0.1) is 0 Å². The molecular weight excluding hydrogens is 238 g/mol. The smallest absolute Gasteiger partial charge is 0.0585 e. The topological polar surface area (TPSA) is 38.7 Å². The molecule has 114 valence electrons. The molecule has 4 heteroatoms. The first-order chi connectivity index (χ1) is 9.21. The Balaban J connectivity index is 2.20. The van der Waals surface area contributed by atoms with Crippen molar-refractivity contribution in [2.24, 2.45) is 0 Å². The van der Waals surface area contributed by atoms with Crippen LogP contribution in [0.25, 0.3) is 0 Å². The van der Waals surface area contributed by atoms with E-state index in [0.717, 1.165) is 32.0 Å². The van der Waals surface area contributed by atoms with Crippen molar-refractivity contribution in [1.82, 2.24) is 15.1 Å². The number of hydrogen-bond donors (Lipinski definition) is 2. The van der Waals surface area contributed by atoms with E-state index in [1.807, 2.05) is 0 Å². The number of hydrogen-bond acceptors (Lipinski definition) is 4. The van der Waals surface area contributed by atoms with Crippen LogP contribution in [-0.4, -0.2) is 73.4 Å². The summed E-state index contributed by atoms with van der Waals surface area (Å²) in [6.45, 7) is 10.3. The molecule has 19 heavy (non-hydrogen) atoms. The van der Waals surface area contributed by atoms with E-state index in [4.69, 9.17) is 0 Å². The molecule has 1 heterocycles. The van der Waals surface area contributed by atoms with E-state index < -0.39 is 0 Å². The van der Waals surface area contributed by atoms with E-state index in [1.165, 1.54) is 32.5 Å². The predicted octanol–water partition coefficient (Wildman–Crippen LogP) is 1.15. The van der Waals surface area contributed by atoms with Crippen molar-refractivity contribution in [2.45, 2.75) is 51.6 Å². The maximum atomic E-state index is 9.34. The van der Waals surface area contributed by atoms with Gasteiger partial charge in [-0.05, 0) is 58.9 Å². The highest BCUT2D eigenvalue weighted by Gasteiger charge is 2.23. The monoisotopic (exact) mass is 271 g/mol. The summed E-state index contributed by atoms with van der Waals surface area (Å²) >= 11 is 0. The van der Waals surface area contributed by atoms with Crippen LogP contribution < -0.4 is 5.32 Å². The van der Waals surface area contributed by atoms with E-state index in [9.17, 15) is 5.11 Å². The molecule has 2 unspecified atom stereocenters. The van der Waals surface area contributed by atoms with Gasteiger partial charge in [0.1, 0.15) is 0 Å². The van der Waals surface area contributed by atoms with E-state index in [1.54, 1.807) is 0 Å². The number of nitrogens with zero attached hydrogens (tertiary/aromatic N) is 2. The molecule has 1 fully saturated rings. The van der Waals surface area contributed by atoms with Crippen molar-refractivity contribution in [3.8, 4) is 0 Å². The number of aliphatic hydroxyl groups excluding tert-OH is 1. The minimum atomic E-state index is 0.248. The van der Waals surface area contributed by atoms with Crippen molar-refractivity contribution >= 4 is 0 Å². The first-order valence-electron chi connectivity index (χ1n) is 7.98. The Morgan fingerprint density at radius 1 is 1.42 bits per heavy atom. The standard InChI is InChI=1S/C15H33N3O/c1-4-9-16-14(13-19)8-11-17(3)12-15-7-6-10-18(15)5-2/h14-16,19H,4-13H2,1-3H3. The van der Waals surface area contributed by atoms with Gasteiger partial charge < -0.3 is 15.3 Å². The van der Waals surface area contributed by atoms with Crippen LogP contribution in [0.4, 0.5) is 0 Å². The van der Waals surface area contributed by atoms with Gasteiger partial charge in [0, 0.05) is 18.6 Å². The van der Waals surface area contributed by atoms with Gasteiger partial charge in [-0.2, -0.15) is 0 Å². The zero-order chi connectivity index (χ0) is 14.1. The van der Waals surface area contributed by atoms with Crippen LogP contribution in [-0.2, 0) is 0 Å². The Bertz CT molecular complexity index is 225. The van der Waals surface area contributed by atoms with Crippen LogP contribution in [0.5, 0.6) is 0 Å². The molecule has 0 bridgehead atoms. The Kier molecular flexibility index (Phi) is 8.62. The Morgan fingerprint density at radius 3 is 2.84 bits per heavy atom. The van der Waals surface area contributed by atoms with Crippen LogP contribution >= 0.6 is 0 Å². The van der Waals surface area contributed by atoms with Crippen LogP contribution in [0.2, 0.25) is 0 Å². The van der Waals surface area contributed by atoms with E-state index in [2.05, 4.69) is 36.0 Å². The molecule has 4 nitrogen and oxygen atoms in total. The summed E-state index contributed by atoms with van der Waals surface area (Å²) in [5.74, 6) is 0. The molecule has 0 aliphatic carbocycles. The average Bonchev–Trinajstić information content (AvgIpc) is 2.86. The zero-order valence-corrected chi connectivity index (χ0v) is 13.1.